The fourth-order valence-electron chi connectivity index (χ4n) is 2.24. The Balaban J connectivity index is 1.62. The zero-order valence-corrected chi connectivity index (χ0v) is 11.8. The highest BCUT2D eigenvalue weighted by atomic mass is 19.4. The first-order chi connectivity index (χ1) is 10.1. The molecule has 1 aromatic carbocycles. The molecule has 0 radical (unpaired) electrons. The summed E-state index contributed by atoms with van der Waals surface area (Å²) >= 11 is 0. The number of alkyl halides is 3. The van der Waals surface area contributed by atoms with Crippen LogP contribution in [-0.2, 0) is 10.9 Å². The summed E-state index contributed by atoms with van der Waals surface area (Å²) < 4.78 is 47.9. The summed E-state index contributed by atoms with van der Waals surface area (Å²) in [5, 5.41) is 3.30. The molecular weight excluding hydrogens is 283 g/mol. The minimum absolute atomic E-state index is 0.439. The summed E-state index contributed by atoms with van der Waals surface area (Å²) in [6, 6.07) is 4.76. The molecule has 6 heteroatoms. The number of halogens is 3. The van der Waals surface area contributed by atoms with Crippen LogP contribution < -0.4 is 10.1 Å². The molecule has 118 valence electrons. The number of hydrogen-bond donors (Lipinski definition) is 1. The average Bonchev–Trinajstić information content (AvgIpc) is 2.47. The molecule has 0 amide bonds. The maximum atomic E-state index is 12.4. The van der Waals surface area contributed by atoms with Crippen molar-refractivity contribution in [3.63, 3.8) is 0 Å². The van der Waals surface area contributed by atoms with Crippen LogP contribution in [0.2, 0.25) is 0 Å². The molecule has 1 aromatic rings. The third kappa shape index (κ3) is 5.55. The Morgan fingerprint density at radius 2 is 1.81 bits per heavy atom. The highest BCUT2D eigenvalue weighted by molar-refractivity contribution is 5.28. The molecule has 0 bridgehead atoms. The molecule has 1 aliphatic heterocycles. The lowest BCUT2D eigenvalue weighted by Crippen LogP contribution is -2.30. The second kappa shape index (κ2) is 7.66. The van der Waals surface area contributed by atoms with Crippen LogP contribution in [0.25, 0.3) is 0 Å². The first-order valence-electron chi connectivity index (χ1n) is 7.14. The van der Waals surface area contributed by atoms with Crippen LogP contribution in [-0.4, -0.2) is 32.9 Å². The molecule has 0 saturated carbocycles. The molecule has 0 aromatic heterocycles. The molecule has 0 unspecified atom stereocenters. The van der Waals surface area contributed by atoms with E-state index in [0.29, 0.717) is 24.8 Å². The molecule has 1 fully saturated rings. The Morgan fingerprint density at radius 3 is 2.43 bits per heavy atom. The van der Waals surface area contributed by atoms with Crippen molar-refractivity contribution in [1.82, 2.24) is 5.32 Å². The smallest absolute Gasteiger partial charge is 0.416 e. The van der Waals surface area contributed by atoms with Crippen molar-refractivity contribution in [2.45, 2.75) is 19.0 Å². The van der Waals surface area contributed by atoms with Gasteiger partial charge >= 0.3 is 6.18 Å². The molecule has 1 heterocycles. The molecule has 21 heavy (non-hydrogen) atoms. The van der Waals surface area contributed by atoms with Gasteiger partial charge in [-0.1, -0.05) is 0 Å². The number of nitrogens with one attached hydrogen (secondary N) is 1. The van der Waals surface area contributed by atoms with E-state index in [9.17, 15) is 13.2 Å². The lowest BCUT2D eigenvalue weighted by molar-refractivity contribution is -0.137. The Morgan fingerprint density at radius 1 is 1.14 bits per heavy atom. The van der Waals surface area contributed by atoms with Gasteiger partial charge in [-0.2, -0.15) is 13.2 Å². The maximum absolute atomic E-state index is 12.4. The summed E-state index contributed by atoms with van der Waals surface area (Å²) in [5.74, 6) is 1.10. The maximum Gasteiger partial charge on any atom is 0.416 e. The second-order valence-electron chi connectivity index (χ2n) is 5.13. The Labute approximate surface area is 122 Å². The van der Waals surface area contributed by atoms with E-state index in [0.717, 1.165) is 44.7 Å². The first kappa shape index (κ1) is 16.1. The van der Waals surface area contributed by atoms with Crippen LogP contribution in [0, 0.1) is 5.92 Å². The third-order valence-electron chi connectivity index (χ3n) is 3.50. The topological polar surface area (TPSA) is 30.5 Å². The summed E-state index contributed by atoms with van der Waals surface area (Å²) in [4.78, 5) is 0. The highest BCUT2D eigenvalue weighted by Crippen LogP contribution is 2.30. The van der Waals surface area contributed by atoms with Crippen molar-refractivity contribution in [3.8, 4) is 5.75 Å². The number of ether oxygens (including phenoxy) is 2. The van der Waals surface area contributed by atoms with E-state index in [1.54, 1.807) is 0 Å². The number of hydrogen-bond acceptors (Lipinski definition) is 3. The van der Waals surface area contributed by atoms with E-state index in [-0.39, 0.29) is 0 Å². The normalized spacial score (nSPS) is 16.9. The van der Waals surface area contributed by atoms with Crippen molar-refractivity contribution in [2.75, 3.05) is 32.9 Å². The van der Waals surface area contributed by atoms with Crippen LogP contribution in [0.4, 0.5) is 13.2 Å². The first-order valence-corrected chi connectivity index (χ1v) is 7.14. The Bertz CT molecular complexity index is 414. The van der Waals surface area contributed by atoms with Gasteiger partial charge in [0.2, 0.25) is 0 Å². The van der Waals surface area contributed by atoms with Gasteiger partial charge in [0, 0.05) is 19.8 Å². The van der Waals surface area contributed by atoms with Crippen LogP contribution in [0.5, 0.6) is 5.75 Å². The lowest BCUT2D eigenvalue weighted by Gasteiger charge is -2.22. The van der Waals surface area contributed by atoms with Gasteiger partial charge in [0.05, 0.1) is 5.56 Å². The minimum atomic E-state index is -4.30. The van der Waals surface area contributed by atoms with Gasteiger partial charge in [0.25, 0.3) is 0 Å². The van der Waals surface area contributed by atoms with Crippen LogP contribution >= 0.6 is 0 Å². The molecule has 0 aliphatic carbocycles. The van der Waals surface area contributed by atoms with Gasteiger partial charge in [0.1, 0.15) is 12.4 Å². The number of benzene rings is 1. The monoisotopic (exact) mass is 303 g/mol. The number of rotatable bonds is 6. The Hall–Kier alpha value is -1.27. The second-order valence-corrected chi connectivity index (χ2v) is 5.13. The van der Waals surface area contributed by atoms with E-state index in [4.69, 9.17) is 9.47 Å². The van der Waals surface area contributed by atoms with Crippen molar-refractivity contribution in [1.29, 1.82) is 0 Å². The van der Waals surface area contributed by atoms with E-state index in [1.165, 1.54) is 12.1 Å². The van der Waals surface area contributed by atoms with Crippen molar-refractivity contribution in [3.05, 3.63) is 29.8 Å². The average molecular weight is 303 g/mol. The molecule has 2 rings (SSSR count). The molecule has 0 atom stereocenters. The zero-order valence-electron chi connectivity index (χ0n) is 11.8. The standard InChI is InChI=1S/C15H20F3NO2/c16-15(17,18)13-1-3-14(4-2-13)21-10-7-19-11-12-5-8-20-9-6-12/h1-4,12,19H,5-11H2. The molecule has 1 saturated heterocycles. The quantitative estimate of drug-likeness (QED) is 0.819. The van der Waals surface area contributed by atoms with Gasteiger partial charge in [-0.3, -0.25) is 0 Å². The summed E-state index contributed by atoms with van der Waals surface area (Å²) in [7, 11) is 0. The predicted octanol–water partition coefficient (Wildman–Crippen LogP) is 3.10. The zero-order chi connectivity index (χ0) is 15.1. The van der Waals surface area contributed by atoms with Crippen molar-refractivity contribution in [2.24, 2.45) is 5.92 Å². The van der Waals surface area contributed by atoms with Crippen LogP contribution in [0.1, 0.15) is 18.4 Å². The molecule has 3 nitrogen and oxygen atoms in total. The molecule has 1 aliphatic rings. The van der Waals surface area contributed by atoms with E-state index < -0.39 is 11.7 Å². The SMILES string of the molecule is FC(F)(F)c1ccc(OCCNCC2CCOCC2)cc1. The van der Waals surface area contributed by atoms with Crippen LogP contribution in [0.15, 0.2) is 24.3 Å². The van der Waals surface area contributed by atoms with E-state index in [1.807, 2.05) is 0 Å². The van der Waals surface area contributed by atoms with Crippen molar-refractivity contribution >= 4 is 0 Å². The molecule has 0 spiro atoms. The summed E-state index contributed by atoms with van der Waals surface area (Å²) in [5.41, 5.74) is -0.660. The van der Waals surface area contributed by atoms with Crippen molar-refractivity contribution < 1.29 is 22.6 Å². The third-order valence-corrected chi connectivity index (χ3v) is 3.50. The molecule has 1 N–H and O–H groups in total. The van der Waals surface area contributed by atoms with Gasteiger partial charge < -0.3 is 14.8 Å². The Kier molecular flexibility index (Phi) is 5.87. The van der Waals surface area contributed by atoms with Gasteiger partial charge in [-0.05, 0) is 49.6 Å². The van der Waals surface area contributed by atoms with Gasteiger partial charge in [-0.25, -0.2) is 0 Å². The summed E-state index contributed by atoms with van der Waals surface area (Å²) in [6.45, 7) is 3.70. The van der Waals surface area contributed by atoms with Crippen LogP contribution in [0.3, 0.4) is 0 Å². The largest absolute Gasteiger partial charge is 0.492 e. The minimum Gasteiger partial charge on any atom is -0.492 e. The predicted molar refractivity (Wildman–Crippen MR) is 73.4 cm³/mol. The fraction of sp³-hybridized carbons (Fsp3) is 0.600. The fourth-order valence-corrected chi connectivity index (χ4v) is 2.24. The van der Waals surface area contributed by atoms with E-state index >= 15 is 0 Å². The lowest BCUT2D eigenvalue weighted by atomic mass is 10.0. The summed E-state index contributed by atoms with van der Waals surface area (Å²) in [6.07, 6.45) is -2.15. The van der Waals surface area contributed by atoms with Gasteiger partial charge in [-0.15, -0.1) is 0 Å². The van der Waals surface area contributed by atoms with Gasteiger partial charge in [0.15, 0.2) is 0 Å². The van der Waals surface area contributed by atoms with E-state index in [2.05, 4.69) is 5.32 Å². The highest BCUT2D eigenvalue weighted by Gasteiger charge is 2.29. The molecular formula is C15H20F3NO2.